The molecule has 21 heavy (non-hydrogen) atoms. The Morgan fingerprint density at radius 3 is 2.38 bits per heavy atom. The second kappa shape index (κ2) is 6.11. The topological polar surface area (TPSA) is 114 Å². The van der Waals surface area contributed by atoms with Gasteiger partial charge in [-0.05, 0) is 11.6 Å². The van der Waals surface area contributed by atoms with Crippen LogP contribution in [0.1, 0.15) is 22.2 Å². The number of hydrogen-bond acceptors (Lipinski definition) is 5. The second-order valence-corrected chi connectivity index (χ2v) is 5.09. The van der Waals surface area contributed by atoms with Crippen LogP contribution in [0.25, 0.3) is 11.4 Å². The van der Waals surface area contributed by atoms with Crippen molar-refractivity contribution in [1.82, 2.24) is 10.1 Å². The quantitative estimate of drug-likeness (QED) is 0.639. The predicted molar refractivity (Wildman–Crippen MR) is 72.2 cm³/mol. The van der Waals surface area contributed by atoms with Crippen LogP contribution in [-0.4, -0.2) is 32.3 Å². The number of aliphatic carboxylic acids is 2. The monoisotopic (exact) mass is 330 g/mol. The molecule has 0 unspecified atom stereocenters. The van der Waals surface area contributed by atoms with E-state index in [2.05, 4.69) is 10.1 Å². The van der Waals surface area contributed by atoms with E-state index in [9.17, 15) is 9.59 Å². The molecule has 110 valence electrons. The fraction of sp³-hybridized carbons (Fsp3) is 0.167. The smallest absolute Gasteiger partial charge is 0.322 e. The van der Waals surface area contributed by atoms with Gasteiger partial charge in [-0.3, -0.25) is 9.59 Å². The zero-order valence-corrected chi connectivity index (χ0v) is 11.7. The van der Waals surface area contributed by atoms with Gasteiger partial charge in [-0.15, -0.1) is 0 Å². The van der Waals surface area contributed by atoms with E-state index in [4.69, 9.17) is 37.9 Å². The van der Waals surface area contributed by atoms with Crippen molar-refractivity contribution in [2.24, 2.45) is 0 Å². The molecular formula is C12H8Cl2N2O5. The molecule has 0 aliphatic carbocycles. The molecule has 0 aliphatic heterocycles. The van der Waals surface area contributed by atoms with Crippen molar-refractivity contribution in [1.29, 1.82) is 0 Å². The molecule has 0 amide bonds. The SMILES string of the molecule is O=C(O)C(C(=O)O)c1cccc(-c2noc(C(Cl)Cl)n2)c1. The maximum Gasteiger partial charge on any atom is 0.322 e. The predicted octanol–water partition coefficient (Wildman–Crippen LogP) is 2.47. The number of carboxylic acids is 2. The molecule has 0 aliphatic rings. The summed E-state index contributed by atoms with van der Waals surface area (Å²) in [6, 6.07) is 5.83. The first-order chi connectivity index (χ1) is 9.90. The molecular weight excluding hydrogens is 323 g/mol. The molecule has 0 atom stereocenters. The molecule has 2 N–H and O–H groups in total. The van der Waals surface area contributed by atoms with Gasteiger partial charge in [-0.2, -0.15) is 4.98 Å². The lowest BCUT2D eigenvalue weighted by Crippen LogP contribution is -2.21. The lowest BCUT2D eigenvalue weighted by atomic mass is 9.97. The van der Waals surface area contributed by atoms with Crippen LogP contribution in [-0.2, 0) is 9.59 Å². The highest BCUT2D eigenvalue weighted by atomic mass is 35.5. The van der Waals surface area contributed by atoms with E-state index in [0.717, 1.165) is 0 Å². The minimum Gasteiger partial charge on any atom is -0.480 e. The van der Waals surface area contributed by atoms with Crippen molar-refractivity contribution in [2.75, 3.05) is 0 Å². The summed E-state index contributed by atoms with van der Waals surface area (Å²) in [5.74, 6) is -4.48. The molecule has 1 heterocycles. The second-order valence-electron chi connectivity index (χ2n) is 3.99. The minimum absolute atomic E-state index is 0.00763. The first-order valence-corrected chi connectivity index (χ1v) is 6.45. The van der Waals surface area contributed by atoms with E-state index in [1.807, 2.05) is 0 Å². The largest absolute Gasteiger partial charge is 0.480 e. The van der Waals surface area contributed by atoms with Crippen LogP contribution in [0.4, 0.5) is 0 Å². The molecule has 2 aromatic rings. The highest BCUT2D eigenvalue weighted by Gasteiger charge is 2.28. The van der Waals surface area contributed by atoms with Crippen LogP contribution in [0.5, 0.6) is 0 Å². The first-order valence-electron chi connectivity index (χ1n) is 5.58. The molecule has 0 bridgehead atoms. The molecule has 0 spiro atoms. The lowest BCUT2D eigenvalue weighted by Gasteiger charge is -2.08. The number of nitrogens with zero attached hydrogens (tertiary/aromatic N) is 2. The van der Waals surface area contributed by atoms with Crippen molar-refractivity contribution in [3.05, 3.63) is 35.7 Å². The van der Waals surface area contributed by atoms with Gasteiger partial charge in [0.25, 0.3) is 5.89 Å². The molecule has 9 heteroatoms. The van der Waals surface area contributed by atoms with Gasteiger partial charge in [0.15, 0.2) is 10.8 Å². The zero-order valence-electron chi connectivity index (χ0n) is 10.2. The summed E-state index contributed by atoms with van der Waals surface area (Å²) >= 11 is 11.2. The number of carboxylic acid groups (broad SMARTS) is 2. The third kappa shape index (κ3) is 3.32. The van der Waals surface area contributed by atoms with Gasteiger partial charge < -0.3 is 14.7 Å². The van der Waals surface area contributed by atoms with Gasteiger partial charge in [0.05, 0.1) is 0 Å². The average Bonchev–Trinajstić information content (AvgIpc) is 2.88. The molecule has 7 nitrogen and oxygen atoms in total. The number of benzene rings is 1. The van der Waals surface area contributed by atoms with Gasteiger partial charge >= 0.3 is 11.9 Å². The number of alkyl halides is 2. The van der Waals surface area contributed by atoms with E-state index < -0.39 is 22.7 Å². The Morgan fingerprint density at radius 1 is 1.19 bits per heavy atom. The maximum absolute atomic E-state index is 11.0. The highest BCUT2D eigenvalue weighted by molar-refractivity contribution is 6.43. The average molecular weight is 331 g/mol. The van der Waals surface area contributed by atoms with E-state index in [0.29, 0.717) is 5.56 Å². The molecule has 0 fully saturated rings. The van der Waals surface area contributed by atoms with Crippen molar-refractivity contribution >= 4 is 35.1 Å². The van der Waals surface area contributed by atoms with Crippen LogP contribution in [0.15, 0.2) is 28.8 Å². The fourth-order valence-corrected chi connectivity index (χ4v) is 1.87. The van der Waals surface area contributed by atoms with Gasteiger partial charge in [-0.1, -0.05) is 46.6 Å². The summed E-state index contributed by atoms with van der Waals surface area (Å²) in [6.07, 6.45) is 0. The molecule has 1 aromatic carbocycles. The van der Waals surface area contributed by atoms with E-state index >= 15 is 0 Å². The summed E-state index contributed by atoms with van der Waals surface area (Å²) in [4.78, 5) is 25.0. The normalized spacial score (nSPS) is 11.0. The number of halogens is 2. The van der Waals surface area contributed by atoms with Gasteiger partial charge in [0.1, 0.15) is 0 Å². The molecule has 0 saturated heterocycles. The Balaban J connectivity index is 2.40. The molecule has 1 aromatic heterocycles. The van der Waals surface area contributed by atoms with Crippen LogP contribution >= 0.6 is 23.2 Å². The molecule has 0 saturated carbocycles. The molecule has 2 rings (SSSR count). The minimum atomic E-state index is -1.68. The zero-order chi connectivity index (χ0) is 15.6. The summed E-state index contributed by atoms with van der Waals surface area (Å²) < 4.78 is 4.82. The third-order valence-corrected chi connectivity index (χ3v) is 2.97. The summed E-state index contributed by atoms with van der Waals surface area (Å²) in [7, 11) is 0. The number of carbonyl (C=O) groups is 2. The Hall–Kier alpha value is -2.12. The van der Waals surface area contributed by atoms with E-state index in [-0.39, 0.29) is 17.3 Å². The Kier molecular flexibility index (Phi) is 4.44. The maximum atomic E-state index is 11.0. The number of hydrogen-bond donors (Lipinski definition) is 2. The standard InChI is InChI=1S/C12H8Cl2N2O5/c13-8(14)10-15-9(16-21-10)6-3-1-2-5(4-6)7(11(17)18)12(19)20/h1-4,7-8H,(H,17,18)(H,19,20). The summed E-state index contributed by atoms with van der Waals surface area (Å²) in [6.45, 7) is 0. The van der Waals surface area contributed by atoms with E-state index in [1.165, 1.54) is 18.2 Å². The number of rotatable bonds is 5. The van der Waals surface area contributed by atoms with Crippen molar-refractivity contribution in [3.63, 3.8) is 0 Å². The van der Waals surface area contributed by atoms with Crippen LogP contribution in [0, 0.1) is 0 Å². The lowest BCUT2D eigenvalue weighted by molar-refractivity contribution is -0.150. The van der Waals surface area contributed by atoms with Crippen LogP contribution in [0.3, 0.4) is 0 Å². The Labute approximate surface area is 128 Å². The molecule has 0 radical (unpaired) electrons. The van der Waals surface area contributed by atoms with Gasteiger partial charge in [-0.25, -0.2) is 0 Å². The van der Waals surface area contributed by atoms with E-state index in [1.54, 1.807) is 6.07 Å². The Morgan fingerprint density at radius 2 is 1.86 bits per heavy atom. The summed E-state index contributed by atoms with van der Waals surface area (Å²) in [5, 5.41) is 21.6. The van der Waals surface area contributed by atoms with Crippen molar-refractivity contribution in [3.8, 4) is 11.4 Å². The summed E-state index contributed by atoms with van der Waals surface area (Å²) in [5.41, 5.74) is 0.483. The van der Waals surface area contributed by atoms with Gasteiger partial charge in [0.2, 0.25) is 5.82 Å². The van der Waals surface area contributed by atoms with Crippen LogP contribution in [0.2, 0.25) is 0 Å². The van der Waals surface area contributed by atoms with Crippen molar-refractivity contribution < 1.29 is 24.3 Å². The third-order valence-electron chi connectivity index (χ3n) is 2.60. The fourth-order valence-electron chi connectivity index (χ4n) is 1.69. The van der Waals surface area contributed by atoms with Gasteiger partial charge in [0, 0.05) is 5.56 Å². The number of aromatic nitrogens is 2. The van der Waals surface area contributed by atoms with Crippen LogP contribution < -0.4 is 0 Å². The van der Waals surface area contributed by atoms with Crippen molar-refractivity contribution in [2.45, 2.75) is 10.8 Å². The Bertz CT molecular complexity index is 672. The first kappa shape index (κ1) is 15.3. The highest BCUT2D eigenvalue weighted by Crippen LogP contribution is 2.27.